The Bertz CT molecular complexity index is 1720. The van der Waals surface area contributed by atoms with Gasteiger partial charge in [0.2, 0.25) is 5.91 Å². The lowest BCUT2D eigenvalue weighted by Gasteiger charge is -2.26. The van der Waals surface area contributed by atoms with Crippen molar-refractivity contribution in [2.24, 2.45) is 0 Å². The molecule has 46 heavy (non-hydrogen) atoms. The lowest BCUT2D eigenvalue weighted by Crippen LogP contribution is -2.37. The highest BCUT2D eigenvalue weighted by Gasteiger charge is 2.16. The topological polar surface area (TPSA) is 121 Å². The van der Waals surface area contributed by atoms with Gasteiger partial charge >= 0.3 is 6.03 Å². The van der Waals surface area contributed by atoms with Gasteiger partial charge in [-0.05, 0) is 68.1 Å². The van der Waals surface area contributed by atoms with Crippen molar-refractivity contribution in [1.82, 2.24) is 25.0 Å². The zero-order chi connectivity index (χ0) is 32.5. The summed E-state index contributed by atoms with van der Waals surface area (Å²) < 4.78 is 1.29. The minimum atomic E-state index is -0.685. The molecule has 1 aliphatic heterocycles. The van der Waals surface area contributed by atoms with Gasteiger partial charge in [-0.15, -0.1) is 0 Å². The van der Waals surface area contributed by atoms with Gasteiger partial charge in [0.15, 0.2) is 0 Å². The Morgan fingerprint density at radius 3 is 2.33 bits per heavy atom. The van der Waals surface area contributed by atoms with Crippen LogP contribution in [0.4, 0.5) is 16.2 Å². The van der Waals surface area contributed by atoms with E-state index < -0.39 is 11.6 Å². The molecule has 240 valence electrons. The Balaban J connectivity index is 1.23. The minimum absolute atomic E-state index is 0.0518. The van der Waals surface area contributed by atoms with Gasteiger partial charge in [0.25, 0.3) is 5.56 Å². The minimum Gasteiger partial charge on any atom is -0.355 e. The number of piperidine rings is 1. The van der Waals surface area contributed by atoms with Gasteiger partial charge in [0.1, 0.15) is 5.69 Å². The van der Waals surface area contributed by atoms with Crippen LogP contribution in [-0.2, 0) is 17.8 Å². The Labute approximate surface area is 278 Å². The number of anilines is 2. The highest BCUT2D eigenvalue weighted by atomic mass is 35.5. The molecule has 0 spiro atoms. The van der Waals surface area contributed by atoms with E-state index in [0.717, 1.165) is 41.9 Å². The van der Waals surface area contributed by atoms with E-state index in [9.17, 15) is 14.4 Å². The number of carbonyl (C=O) groups excluding carboxylic acids is 2. The molecule has 0 unspecified atom stereocenters. The number of hydrogen-bond donors (Lipinski definition) is 3. The van der Waals surface area contributed by atoms with E-state index in [1.54, 1.807) is 13.0 Å². The normalized spacial score (nSPS) is 13.3. The van der Waals surface area contributed by atoms with Crippen molar-refractivity contribution >= 4 is 46.5 Å². The van der Waals surface area contributed by atoms with Crippen LogP contribution in [0, 0.1) is 0 Å². The van der Waals surface area contributed by atoms with Gasteiger partial charge in [-0.25, -0.2) is 9.48 Å². The first-order valence-corrected chi connectivity index (χ1v) is 16.2. The zero-order valence-electron chi connectivity index (χ0n) is 25.7. The van der Waals surface area contributed by atoms with Gasteiger partial charge in [-0.3, -0.25) is 14.6 Å². The highest BCUT2D eigenvalue weighted by Crippen LogP contribution is 2.29. The van der Waals surface area contributed by atoms with E-state index in [0.29, 0.717) is 31.6 Å². The van der Waals surface area contributed by atoms with E-state index in [1.165, 1.54) is 36.3 Å². The molecular formula is C34H37Cl2N7O3. The molecule has 1 aliphatic rings. The fraction of sp³-hybridized carbons (Fsp3) is 0.324. The van der Waals surface area contributed by atoms with Crippen molar-refractivity contribution in [3.05, 3.63) is 93.0 Å². The number of benzene rings is 2. The molecule has 3 amide bonds. The molecule has 2 aromatic heterocycles. The summed E-state index contributed by atoms with van der Waals surface area (Å²) in [6.45, 7) is 5.98. The molecule has 2 aromatic carbocycles. The van der Waals surface area contributed by atoms with Crippen molar-refractivity contribution in [1.29, 1.82) is 0 Å². The van der Waals surface area contributed by atoms with Crippen LogP contribution in [0.25, 0.3) is 22.4 Å². The Kier molecular flexibility index (Phi) is 11.4. The summed E-state index contributed by atoms with van der Waals surface area (Å²) in [5, 5.41) is 13.1. The Hall–Kier alpha value is -4.25. The summed E-state index contributed by atoms with van der Waals surface area (Å²) in [6, 6.07) is 16.8. The number of nitrogens with one attached hydrogen (secondary N) is 3. The second-order valence-electron chi connectivity index (χ2n) is 11.2. The Morgan fingerprint density at radius 1 is 0.891 bits per heavy atom. The van der Waals surface area contributed by atoms with Gasteiger partial charge in [0.05, 0.1) is 21.4 Å². The van der Waals surface area contributed by atoms with Crippen LogP contribution in [0.3, 0.4) is 0 Å². The molecule has 1 fully saturated rings. The van der Waals surface area contributed by atoms with Crippen molar-refractivity contribution in [2.75, 3.05) is 36.8 Å². The van der Waals surface area contributed by atoms with Crippen LogP contribution in [0.5, 0.6) is 0 Å². The third-order valence-corrected chi connectivity index (χ3v) is 8.47. The molecule has 12 heteroatoms. The number of nitrogens with zero attached hydrogens (tertiary/aromatic N) is 4. The van der Waals surface area contributed by atoms with Gasteiger partial charge in [-0.1, -0.05) is 72.1 Å². The fourth-order valence-electron chi connectivity index (χ4n) is 5.39. The zero-order valence-corrected chi connectivity index (χ0v) is 27.2. The monoisotopic (exact) mass is 661 g/mol. The number of halogens is 2. The number of likely N-dealkylation sites (tertiary alicyclic amines) is 1. The lowest BCUT2D eigenvalue weighted by atomic mass is 9.99. The van der Waals surface area contributed by atoms with Crippen molar-refractivity contribution in [3.63, 3.8) is 0 Å². The predicted octanol–water partition coefficient (Wildman–Crippen LogP) is 6.48. The molecule has 0 bridgehead atoms. The second-order valence-corrected chi connectivity index (χ2v) is 12.0. The third kappa shape index (κ3) is 8.72. The number of aryl methyl sites for hydroxylation is 2. The number of pyridine rings is 1. The van der Waals surface area contributed by atoms with Gasteiger partial charge in [0, 0.05) is 44.0 Å². The van der Waals surface area contributed by atoms with Crippen LogP contribution in [-0.4, -0.2) is 57.8 Å². The maximum atomic E-state index is 13.0. The van der Waals surface area contributed by atoms with Gasteiger partial charge in [-0.2, -0.15) is 5.10 Å². The molecular weight excluding hydrogens is 625 g/mol. The van der Waals surface area contributed by atoms with E-state index in [4.69, 9.17) is 23.2 Å². The number of urea groups is 1. The molecule has 3 heterocycles. The maximum Gasteiger partial charge on any atom is 0.323 e. The third-order valence-electron chi connectivity index (χ3n) is 7.90. The average molecular weight is 663 g/mol. The van der Waals surface area contributed by atoms with Crippen LogP contribution in [0.15, 0.2) is 71.8 Å². The largest absolute Gasteiger partial charge is 0.355 e. The first-order chi connectivity index (χ1) is 22.3. The molecule has 10 nitrogen and oxygen atoms in total. The number of rotatable bonds is 11. The summed E-state index contributed by atoms with van der Waals surface area (Å²) in [4.78, 5) is 44.5. The molecule has 1 saturated heterocycles. The van der Waals surface area contributed by atoms with E-state index >= 15 is 0 Å². The number of hydrogen-bond acceptors (Lipinski definition) is 6. The summed E-state index contributed by atoms with van der Waals surface area (Å²) in [5.74, 6) is 0.0750. The maximum absolute atomic E-state index is 13.0. The average Bonchev–Trinajstić information content (AvgIpc) is 3.07. The van der Waals surface area contributed by atoms with Gasteiger partial charge < -0.3 is 20.9 Å². The predicted molar refractivity (Wildman–Crippen MR) is 184 cm³/mol. The molecule has 0 saturated carbocycles. The fourth-order valence-corrected chi connectivity index (χ4v) is 5.85. The molecule has 0 atom stereocenters. The summed E-state index contributed by atoms with van der Waals surface area (Å²) in [6.07, 6.45) is 7.63. The Morgan fingerprint density at radius 2 is 1.61 bits per heavy atom. The number of amides is 3. The lowest BCUT2D eigenvalue weighted by molar-refractivity contribution is -0.121. The van der Waals surface area contributed by atoms with Crippen molar-refractivity contribution < 1.29 is 9.59 Å². The second kappa shape index (κ2) is 15.8. The molecule has 0 aliphatic carbocycles. The standard InChI is InChI=1S/C34H37Cl2N7O3/c1-2-43-33(45)30(39-34(46)40-32-27(35)21-37-22-28(32)36)20-29(41-43)26-8-6-7-25(19-26)24-12-9-23(10-13-24)11-14-31(44)38-15-18-42-16-4-3-5-17-42/h6-10,12-13,19-22H,2-5,11,14-18H2,1H3,(H,38,44)(H2,37,39,40,46). The summed E-state index contributed by atoms with van der Waals surface area (Å²) >= 11 is 12.2. The van der Waals surface area contributed by atoms with Crippen LogP contribution in [0.1, 0.15) is 38.2 Å². The summed E-state index contributed by atoms with van der Waals surface area (Å²) in [5.41, 5.74) is 4.13. The molecule has 0 radical (unpaired) electrons. The van der Waals surface area contributed by atoms with Crippen molar-refractivity contribution in [3.8, 4) is 22.4 Å². The summed E-state index contributed by atoms with van der Waals surface area (Å²) in [7, 11) is 0. The van der Waals surface area contributed by atoms with Crippen LogP contribution >= 0.6 is 23.2 Å². The van der Waals surface area contributed by atoms with E-state index in [-0.39, 0.29) is 27.3 Å². The first-order valence-electron chi connectivity index (χ1n) is 15.5. The quantitative estimate of drug-likeness (QED) is 0.169. The smallest absolute Gasteiger partial charge is 0.323 e. The SMILES string of the molecule is CCn1nc(-c2cccc(-c3ccc(CCC(=O)NCCN4CCCCC4)cc3)c2)cc(NC(=O)Nc2c(Cl)cncc2Cl)c1=O. The molecule has 4 aromatic rings. The van der Waals surface area contributed by atoms with Crippen molar-refractivity contribution in [2.45, 2.75) is 45.6 Å². The number of aromatic nitrogens is 3. The van der Waals surface area contributed by atoms with E-state index in [1.807, 2.05) is 48.5 Å². The first kappa shape index (κ1) is 33.1. The molecule has 3 N–H and O–H groups in total. The number of carbonyl (C=O) groups is 2. The highest BCUT2D eigenvalue weighted by molar-refractivity contribution is 6.39. The van der Waals surface area contributed by atoms with Crippen LogP contribution < -0.4 is 21.5 Å². The van der Waals surface area contributed by atoms with E-state index in [2.05, 4.69) is 30.9 Å². The van der Waals surface area contributed by atoms with Crippen LogP contribution in [0.2, 0.25) is 10.0 Å². The molecule has 5 rings (SSSR count).